The van der Waals surface area contributed by atoms with Crippen molar-refractivity contribution in [3.05, 3.63) is 0 Å². The van der Waals surface area contributed by atoms with Crippen molar-refractivity contribution in [1.29, 1.82) is 0 Å². The third-order valence-corrected chi connectivity index (χ3v) is 4.64. The molecule has 0 amide bonds. The summed E-state index contributed by atoms with van der Waals surface area (Å²) in [5.74, 6) is -0.449. The molecule has 1 fully saturated rings. The normalized spacial score (nSPS) is 18.2. The van der Waals surface area contributed by atoms with E-state index in [0.717, 1.165) is 32.2 Å². The van der Waals surface area contributed by atoms with Crippen molar-refractivity contribution in [2.45, 2.75) is 58.0 Å². The fourth-order valence-corrected chi connectivity index (χ4v) is 3.26. The Labute approximate surface area is 129 Å². The largest absolute Gasteiger partial charge is 0.480 e. The maximum atomic E-state index is 12.0. The summed E-state index contributed by atoms with van der Waals surface area (Å²) >= 11 is 0. The molecule has 1 unspecified atom stereocenters. The molecule has 1 aliphatic carbocycles. The van der Waals surface area contributed by atoms with Gasteiger partial charge in [0.15, 0.2) is 0 Å². The second kappa shape index (κ2) is 8.71. The predicted octanol–water partition coefficient (Wildman–Crippen LogP) is 1.97. The molecule has 5 heteroatoms. The number of carboxylic acid groups (broad SMARTS) is 1. The van der Waals surface area contributed by atoms with Crippen molar-refractivity contribution in [1.82, 2.24) is 10.2 Å². The zero-order valence-corrected chi connectivity index (χ0v) is 14.0. The minimum absolute atomic E-state index is 0.259. The van der Waals surface area contributed by atoms with Crippen LogP contribution >= 0.6 is 0 Å². The summed E-state index contributed by atoms with van der Waals surface area (Å²) < 4.78 is 5.21. The Kier molecular flexibility index (Phi) is 7.63. The highest BCUT2D eigenvalue weighted by atomic mass is 16.5. The highest BCUT2D eigenvalue weighted by Gasteiger charge is 2.51. The number of nitrogens with one attached hydrogen (secondary N) is 1. The second-order valence-electron chi connectivity index (χ2n) is 6.01. The molecule has 1 saturated carbocycles. The first-order valence-electron chi connectivity index (χ1n) is 8.27. The predicted molar refractivity (Wildman–Crippen MR) is 84.6 cm³/mol. The summed E-state index contributed by atoms with van der Waals surface area (Å²) in [4.78, 5) is 14.3. The lowest BCUT2D eigenvalue weighted by molar-refractivity contribution is -0.147. The molecule has 1 rings (SSSR count). The Morgan fingerprint density at radius 3 is 2.38 bits per heavy atom. The topological polar surface area (TPSA) is 61.8 Å². The van der Waals surface area contributed by atoms with E-state index in [0.29, 0.717) is 25.7 Å². The van der Waals surface area contributed by atoms with E-state index in [4.69, 9.17) is 4.74 Å². The van der Waals surface area contributed by atoms with Crippen molar-refractivity contribution < 1.29 is 14.6 Å². The van der Waals surface area contributed by atoms with Crippen LogP contribution in [0, 0.1) is 5.92 Å². The van der Waals surface area contributed by atoms with Gasteiger partial charge in [0.05, 0.1) is 6.61 Å². The minimum Gasteiger partial charge on any atom is -0.480 e. The van der Waals surface area contributed by atoms with E-state index in [2.05, 4.69) is 24.1 Å². The van der Waals surface area contributed by atoms with Gasteiger partial charge in [0.25, 0.3) is 0 Å². The molecule has 0 bridgehead atoms. The summed E-state index contributed by atoms with van der Waals surface area (Å²) in [5, 5.41) is 13.1. The van der Waals surface area contributed by atoms with E-state index in [1.54, 1.807) is 7.11 Å². The number of rotatable bonds is 12. The lowest BCUT2D eigenvalue weighted by Gasteiger charge is -2.39. The van der Waals surface area contributed by atoms with Crippen molar-refractivity contribution in [3.8, 4) is 0 Å². The lowest BCUT2D eigenvalue weighted by Crippen LogP contribution is -2.62. The Bertz CT molecular complexity index is 317. The van der Waals surface area contributed by atoms with Crippen LogP contribution in [0.15, 0.2) is 0 Å². The molecule has 0 aromatic carbocycles. The zero-order valence-electron chi connectivity index (χ0n) is 14.0. The van der Waals surface area contributed by atoms with Crippen LogP contribution < -0.4 is 5.32 Å². The first kappa shape index (κ1) is 18.4. The number of hydrogen-bond acceptors (Lipinski definition) is 4. The summed E-state index contributed by atoms with van der Waals surface area (Å²) in [7, 11) is 1.70. The van der Waals surface area contributed by atoms with Crippen LogP contribution in [0.3, 0.4) is 0 Å². The fourth-order valence-electron chi connectivity index (χ4n) is 3.26. The summed E-state index contributed by atoms with van der Waals surface area (Å²) in [6, 6.07) is 0.413. The maximum absolute atomic E-state index is 12.0. The zero-order chi connectivity index (χ0) is 15.9. The number of carboxylic acids is 1. The van der Waals surface area contributed by atoms with Gasteiger partial charge < -0.3 is 15.2 Å². The van der Waals surface area contributed by atoms with E-state index in [-0.39, 0.29) is 5.92 Å². The molecule has 2 N–H and O–H groups in total. The number of ether oxygens (including phenoxy) is 1. The Hall–Kier alpha value is -0.650. The number of methoxy groups -OCH3 is 1. The van der Waals surface area contributed by atoms with Gasteiger partial charge in [-0.3, -0.25) is 9.69 Å². The van der Waals surface area contributed by atoms with Crippen molar-refractivity contribution >= 4 is 5.97 Å². The SMILES string of the molecule is CCNC(CN(CCOC)C(CC)CC)(C(=O)O)C1CC1. The van der Waals surface area contributed by atoms with Crippen LogP contribution in [0.25, 0.3) is 0 Å². The number of carbonyl (C=O) groups is 1. The monoisotopic (exact) mass is 300 g/mol. The molecule has 21 heavy (non-hydrogen) atoms. The Morgan fingerprint density at radius 1 is 1.38 bits per heavy atom. The summed E-state index contributed by atoms with van der Waals surface area (Å²) in [6.45, 7) is 9.00. The molecule has 0 heterocycles. The van der Waals surface area contributed by atoms with E-state index in [9.17, 15) is 9.90 Å². The second-order valence-corrected chi connectivity index (χ2v) is 6.01. The smallest absolute Gasteiger partial charge is 0.325 e. The standard InChI is InChI=1S/C16H32N2O3/c1-5-14(6-2)18(10-11-21-4)12-16(15(19)20,17-7-3)13-8-9-13/h13-14,17H,5-12H2,1-4H3,(H,19,20). The van der Waals surface area contributed by atoms with E-state index in [1.807, 2.05) is 6.92 Å². The average Bonchev–Trinajstić information content (AvgIpc) is 3.29. The van der Waals surface area contributed by atoms with Gasteiger partial charge in [0, 0.05) is 26.2 Å². The number of likely N-dealkylation sites (N-methyl/N-ethyl adjacent to an activating group) is 1. The van der Waals surface area contributed by atoms with Gasteiger partial charge in [-0.05, 0) is 38.1 Å². The first-order valence-corrected chi connectivity index (χ1v) is 8.27. The van der Waals surface area contributed by atoms with Crippen LogP contribution in [0.1, 0.15) is 46.5 Å². The van der Waals surface area contributed by atoms with Crippen LogP contribution in [0.5, 0.6) is 0 Å². The molecule has 1 atom stereocenters. The van der Waals surface area contributed by atoms with Gasteiger partial charge in [-0.25, -0.2) is 0 Å². The Morgan fingerprint density at radius 2 is 2.00 bits per heavy atom. The van der Waals surface area contributed by atoms with Crippen LogP contribution in [-0.4, -0.2) is 60.9 Å². The highest BCUT2D eigenvalue weighted by Crippen LogP contribution is 2.41. The third kappa shape index (κ3) is 4.66. The van der Waals surface area contributed by atoms with Crippen LogP contribution in [0.2, 0.25) is 0 Å². The van der Waals surface area contributed by atoms with E-state index < -0.39 is 11.5 Å². The summed E-state index contributed by atoms with van der Waals surface area (Å²) in [6.07, 6.45) is 4.10. The molecule has 0 saturated heterocycles. The van der Waals surface area contributed by atoms with Gasteiger partial charge in [-0.2, -0.15) is 0 Å². The number of nitrogens with zero attached hydrogens (tertiary/aromatic N) is 1. The molecule has 0 radical (unpaired) electrons. The van der Waals surface area contributed by atoms with Gasteiger partial charge in [0.1, 0.15) is 5.54 Å². The number of aliphatic carboxylic acids is 1. The van der Waals surface area contributed by atoms with Crippen molar-refractivity contribution in [2.24, 2.45) is 5.92 Å². The van der Waals surface area contributed by atoms with Crippen molar-refractivity contribution in [3.63, 3.8) is 0 Å². The van der Waals surface area contributed by atoms with E-state index in [1.165, 1.54) is 0 Å². The molecular formula is C16H32N2O3. The Balaban J connectivity index is 2.90. The minimum atomic E-state index is -0.801. The van der Waals surface area contributed by atoms with Crippen LogP contribution in [0.4, 0.5) is 0 Å². The molecule has 5 nitrogen and oxygen atoms in total. The molecule has 0 aromatic rings. The van der Waals surface area contributed by atoms with Gasteiger partial charge in [-0.15, -0.1) is 0 Å². The van der Waals surface area contributed by atoms with Gasteiger partial charge >= 0.3 is 5.97 Å². The maximum Gasteiger partial charge on any atom is 0.325 e. The van der Waals surface area contributed by atoms with E-state index >= 15 is 0 Å². The quantitative estimate of drug-likeness (QED) is 0.577. The average molecular weight is 300 g/mol. The van der Waals surface area contributed by atoms with Gasteiger partial charge in [0.2, 0.25) is 0 Å². The molecule has 124 valence electrons. The molecular weight excluding hydrogens is 268 g/mol. The molecule has 0 aliphatic heterocycles. The third-order valence-electron chi connectivity index (χ3n) is 4.64. The van der Waals surface area contributed by atoms with Crippen LogP contribution in [-0.2, 0) is 9.53 Å². The fraction of sp³-hybridized carbons (Fsp3) is 0.938. The lowest BCUT2D eigenvalue weighted by atomic mass is 9.91. The number of hydrogen-bond donors (Lipinski definition) is 2. The molecule has 0 aromatic heterocycles. The first-order chi connectivity index (χ1) is 10.1. The van der Waals surface area contributed by atoms with Gasteiger partial charge in [-0.1, -0.05) is 20.8 Å². The highest BCUT2D eigenvalue weighted by molar-refractivity contribution is 5.80. The van der Waals surface area contributed by atoms with Crippen molar-refractivity contribution in [2.75, 3.05) is 33.4 Å². The summed E-state index contributed by atoms with van der Waals surface area (Å²) in [5.41, 5.74) is -0.801. The molecule has 0 spiro atoms. The molecule has 1 aliphatic rings.